The van der Waals surface area contributed by atoms with Crippen molar-refractivity contribution in [1.29, 1.82) is 0 Å². The fourth-order valence-electron chi connectivity index (χ4n) is 4.34. The minimum Gasteiger partial charge on any atom is -0.497 e. The molecule has 0 N–H and O–H groups in total. The number of Topliss-reactive ketones (excluding diaryl/α,β-unsaturated/α-hetero) is 1. The van der Waals surface area contributed by atoms with Gasteiger partial charge in [-0.25, -0.2) is 9.48 Å². The Morgan fingerprint density at radius 1 is 1.03 bits per heavy atom. The SMILES string of the molecule is COc1cccc(Cn2c(-c3ccc(Cl)cc3)nn(CC(=O)CC(C)(C)c3cccc(C)c3)c2=O)c1. The molecule has 4 rings (SSSR count). The second kappa shape index (κ2) is 10.5. The van der Waals surface area contributed by atoms with Crippen LogP contribution in [0.3, 0.4) is 0 Å². The van der Waals surface area contributed by atoms with Crippen LogP contribution in [0.1, 0.15) is 37.0 Å². The quantitative estimate of drug-likeness (QED) is 0.295. The maximum Gasteiger partial charge on any atom is 0.346 e. The number of rotatable bonds is 9. The Kier molecular flexibility index (Phi) is 7.45. The Balaban J connectivity index is 1.65. The van der Waals surface area contributed by atoms with Crippen LogP contribution < -0.4 is 10.4 Å². The summed E-state index contributed by atoms with van der Waals surface area (Å²) in [6.07, 6.45) is 0.294. The van der Waals surface area contributed by atoms with Gasteiger partial charge < -0.3 is 4.74 Å². The lowest BCUT2D eigenvalue weighted by molar-refractivity contribution is -0.120. The predicted octanol–water partition coefficient (Wildman–Crippen LogP) is 5.67. The fraction of sp³-hybridized carbons (Fsp3) is 0.276. The molecule has 1 aromatic heterocycles. The van der Waals surface area contributed by atoms with Gasteiger partial charge in [0, 0.05) is 17.0 Å². The van der Waals surface area contributed by atoms with Gasteiger partial charge in [0.25, 0.3) is 0 Å². The lowest BCUT2D eigenvalue weighted by Gasteiger charge is -2.24. The minimum atomic E-state index is -0.366. The Labute approximate surface area is 216 Å². The van der Waals surface area contributed by atoms with E-state index in [-0.39, 0.29) is 30.0 Å². The second-order valence-corrected chi connectivity index (χ2v) is 10.1. The zero-order valence-electron chi connectivity index (χ0n) is 21.0. The molecular formula is C29H30ClN3O3. The molecule has 0 aliphatic rings. The Morgan fingerprint density at radius 2 is 1.75 bits per heavy atom. The van der Waals surface area contributed by atoms with Gasteiger partial charge in [-0.2, -0.15) is 0 Å². The van der Waals surface area contributed by atoms with Crippen LogP contribution in [0.15, 0.2) is 77.6 Å². The smallest absolute Gasteiger partial charge is 0.346 e. The van der Waals surface area contributed by atoms with E-state index in [2.05, 4.69) is 11.2 Å². The van der Waals surface area contributed by atoms with Gasteiger partial charge in [0.15, 0.2) is 11.6 Å². The van der Waals surface area contributed by atoms with Crippen LogP contribution in [0.4, 0.5) is 0 Å². The number of methoxy groups -OCH3 is 1. The van der Waals surface area contributed by atoms with Crippen molar-refractivity contribution in [2.24, 2.45) is 0 Å². The van der Waals surface area contributed by atoms with Crippen LogP contribution in [0.2, 0.25) is 5.02 Å². The first-order valence-electron chi connectivity index (χ1n) is 11.8. The van der Waals surface area contributed by atoms with Gasteiger partial charge in [0.2, 0.25) is 0 Å². The summed E-state index contributed by atoms with van der Waals surface area (Å²) in [6, 6.07) is 22.9. The standard InChI is InChI=1S/C29H30ClN3O3/c1-20-7-5-9-23(15-20)29(2,3)17-25(34)19-33-28(35)32(18-21-8-6-10-26(16-21)36-4)27(31-33)22-11-13-24(30)14-12-22/h5-16H,17-19H2,1-4H3. The van der Waals surface area contributed by atoms with Crippen molar-refractivity contribution in [3.8, 4) is 17.1 Å². The van der Waals surface area contributed by atoms with E-state index in [1.54, 1.807) is 23.8 Å². The zero-order chi connectivity index (χ0) is 25.9. The van der Waals surface area contributed by atoms with Crippen molar-refractivity contribution in [3.05, 3.63) is 105 Å². The van der Waals surface area contributed by atoms with E-state index in [1.807, 2.05) is 75.4 Å². The number of benzene rings is 3. The zero-order valence-corrected chi connectivity index (χ0v) is 21.7. The number of ether oxygens (including phenoxy) is 1. The molecule has 3 aromatic carbocycles. The van der Waals surface area contributed by atoms with E-state index in [0.717, 1.165) is 22.3 Å². The summed E-state index contributed by atoms with van der Waals surface area (Å²) in [4.78, 5) is 26.6. The summed E-state index contributed by atoms with van der Waals surface area (Å²) in [6.45, 7) is 6.32. The van der Waals surface area contributed by atoms with E-state index in [4.69, 9.17) is 16.3 Å². The molecule has 1 heterocycles. The number of aryl methyl sites for hydroxylation is 1. The molecule has 0 radical (unpaired) electrons. The van der Waals surface area contributed by atoms with E-state index in [9.17, 15) is 9.59 Å². The van der Waals surface area contributed by atoms with Crippen molar-refractivity contribution in [2.45, 2.75) is 45.7 Å². The summed E-state index contributed by atoms with van der Waals surface area (Å²) < 4.78 is 8.17. The predicted molar refractivity (Wildman–Crippen MR) is 143 cm³/mol. The summed E-state index contributed by atoms with van der Waals surface area (Å²) in [5, 5.41) is 5.17. The molecule has 0 aliphatic heterocycles. The number of halogens is 1. The molecule has 0 spiro atoms. The van der Waals surface area contributed by atoms with Crippen LogP contribution in [-0.4, -0.2) is 27.2 Å². The normalized spacial score (nSPS) is 11.5. The van der Waals surface area contributed by atoms with Crippen molar-refractivity contribution in [2.75, 3.05) is 7.11 Å². The highest BCUT2D eigenvalue weighted by atomic mass is 35.5. The van der Waals surface area contributed by atoms with Crippen molar-refractivity contribution >= 4 is 17.4 Å². The summed E-state index contributed by atoms with van der Waals surface area (Å²) in [5.74, 6) is 1.12. The monoisotopic (exact) mass is 503 g/mol. The van der Waals surface area contributed by atoms with Crippen molar-refractivity contribution < 1.29 is 9.53 Å². The summed E-state index contributed by atoms with van der Waals surface area (Å²) >= 11 is 6.08. The molecule has 7 heteroatoms. The van der Waals surface area contributed by atoms with Gasteiger partial charge >= 0.3 is 5.69 Å². The topological polar surface area (TPSA) is 66.1 Å². The van der Waals surface area contributed by atoms with Crippen LogP contribution in [0, 0.1) is 6.92 Å². The lowest BCUT2D eigenvalue weighted by atomic mass is 9.79. The Bertz CT molecular complexity index is 1430. The molecule has 0 atom stereocenters. The van der Waals surface area contributed by atoms with Crippen LogP contribution >= 0.6 is 11.6 Å². The van der Waals surface area contributed by atoms with Gasteiger partial charge in [0.1, 0.15) is 12.3 Å². The fourth-order valence-corrected chi connectivity index (χ4v) is 4.46. The third-order valence-corrected chi connectivity index (χ3v) is 6.52. The maximum absolute atomic E-state index is 13.5. The molecule has 0 unspecified atom stereocenters. The first kappa shape index (κ1) is 25.5. The first-order valence-corrected chi connectivity index (χ1v) is 12.2. The lowest BCUT2D eigenvalue weighted by Crippen LogP contribution is -2.30. The maximum atomic E-state index is 13.5. The summed E-state index contributed by atoms with van der Waals surface area (Å²) in [5.41, 5.74) is 3.16. The number of hydrogen-bond donors (Lipinski definition) is 0. The molecule has 186 valence electrons. The Hall–Kier alpha value is -3.64. The molecule has 6 nitrogen and oxygen atoms in total. The number of nitrogens with zero attached hydrogens (tertiary/aromatic N) is 3. The average molecular weight is 504 g/mol. The van der Waals surface area contributed by atoms with Crippen LogP contribution in [0.5, 0.6) is 5.75 Å². The minimum absolute atomic E-state index is 0.0581. The number of ketones is 1. The second-order valence-electron chi connectivity index (χ2n) is 9.68. The highest BCUT2D eigenvalue weighted by Crippen LogP contribution is 2.28. The molecular weight excluding hydrogens is 474 g/mol. The van der Waals surface area contributed by atoms with Crippen molar-refractivity contribution in [1.82, 2.24) is 14.3 Å². The molecule has 0 fully saturated rings. The van der Waals surface area contributed by atoms with E-state index < -0.39 is 0 Å². The van der Waals surface area contributed by atoms with E-state index >= 15 is 0 Å². The van der Waals surface area contributed by atoms with Crippen LogP contribution in [0.25, 0.3) is 11.4 Å². The van der Waals surface area contributed by atoms with E-state index in [1.165, 1.54) is 4.68 Å². The van der Waals surface area contributed by atoms with Gasteiger partial charge in [-0.05, 0) is 59.9 Å². The van der Waals surface area contributed by atoms with Gasteiger partial charge in [0.05, 0.1) is 13.7 Å². The van der Waals surface area contributed by atoms with Gasteiger partial charge in [-0.3, -0.25) is 9.36 Å². The molecule has 0 amide bonds. The third kappa shape index (κ3) is 5.77. The molecule has 0 saturated carbocycles. The highest BCUT2D eigenvalue weighted by molar-refractivity contribution is 6.30. The highest BCUT2D eigenvalue weighted by Gasteiger charge is 2.26. The van der Waals surface area contributed by atoms with Crippen molar-refractivity contribution in [3.63, 3.8) is 0 Å². The molecule has 36 heavy (non-hydrogen) atoms. The third-order valence-electron chi connectivity index (χ3n) is 6.26. The van der Waals surface area contributed by atoms with E-state index in [0.29, 0.717) is 23.0 Å². The first-order chi connectivity index (χ1) is 17.2. The largest absolute Gasteiger partial charge is 0.497 e. The molecule has 0 saturated heterocycles. The van der Waals surface area contributed by atoms with Gasteiger partial charge in [-0.15, -0.1) is 5.10 Å². The number of aromatic nitrogens is 3. The number of hydrogen-bond acceptors (Lipinski definition) is 4. The molecule has 0 aliphatic carbocycles. The molecule has 0 bridgehead atoms. The molecule has 4 aromatic rings. The van der Waals surface area contributed by atoms with Gasteiger partial charge in [-0.1, -0.05) is 67.4 Å². The number of carbonyl (C=O) groups excluding carboxylic acids is 1. The number of carbonyl (C=O) groups is 1. The average Bonchev–Trinajstić information content (AvgIpc) is 3.14. The van der Waals surface area contributed by atoms with Crippen LogP contribution in [-0.2, 0) is 23.3 Å². The summed E-state index contributed by atoms with van der Waals surface area (Å²) in [7, 11) is 1.60. The Morgan fingerprint density at radius 3 is 2.44 bits per heavy atom.